The van der Waals surface area contributed by atoms with E-state index in [0.717, 1.165) is 12.8 Å². The van der Waals surface area contributed by atoms with E-state index in [1.165, 1.54) is 17.3 Å². The van der Waals surface area contributed by atoms with Crippen LogP contribution in [0.2, 0.25) is 5.02 Å². The van der Waals surface area contributed by atoms with Crippen LogP contribution in [0.3, 0.4) is 0 Å². The third-order valence-corrected chi connectivity index (χ3v) is 5.39. The van der Waals surface area contributed by atoms with Gasteiger partial charge in [-0.1, -0.05) is 38.3 Å². The van der Waals surface area contributed by atoms with Gasteiger partial charge in [0, 0.05) is 11.1 Å². The maximum Gasteiger partial charge on any atom is 0.261 e. The summed E-state index contributed by atoms with van der Waals surface area (Å²) in [6.07, 6.45) is 4.76. The van der Waals surface area contributed by atoms with Crippen LogP contribution in [0.15, 0.2) is 29.3 Å². The fourth-order valence-electron chi connectivity index (χ4n) is 3.44. The molecule has 0 spiro atoms. The molecule has 1 aromatic carbocycles. The van der Waals surface area contributed by atoms with Crippen molar-refractivity contribution in [2.24, 2.45) is 11.8 Å². The Hall–Kier alpha value is -1.88. The van der Waals surface area contributed by atoms with E-state index in [1.807, 2.05) is 0 Å². The molecule has 1 aliphatic carbocycles. The molecular formula is C18H22ClN3O2. The van der Waals surface area contributed by atoms with E-state index in [1.54, 1.807) is 18.2 Å². The smallest absolute Gasteiger partial charge is 0.261 e. The number of nitrogens with zero attached hydrogens (tertiary/aromatic N) is 2. The molecule has 0 radical (unpaired) electrons. The number of carbonyl (C=O) groups is 1. The summed E-state index contributed by atoms with van der Waals surface area (Å²) >= 11 is 5.95. The summed E-state index contributed by atoms with van der Waals surface area (Å²) in [5.41, 5.74) is 0.332. The first kappa shape index (κ1) is 17.0. The topological polar surface area (TPSA) is 64.0 Å². The quantitative estimate of drug-likeness (QED) is 0.928. The predicted octanol–water partition coefficient (Wildman–Crippen LogP) is 2.99. The lowest BCUT2D eigenvalue weighted by Crippen LogP contribution is -2.45. The van der Waals surface area contributed by atoms with E-state index in [4.69, 9.17) is 11.6 Å². The Kier molecular flexibility index (Phi) is 4.90. The summed E-state index contributed by atoms with van der Waals surface area (Å²) in [6.45, 7) is 4.39. The standard InChI is InChI=1S/C18H22ClN3O2/c1-11-4-3-5-15(12(11)2)21-17(23)9-22-10-20-16-7-6-13(19)8-14(16)18(22)24/h6-8,10-12,15H,3-5,9H2,1-2H3,(H,21,23)/t11-,12-,15+/m1/s1. The number of benzene rings is 1. The maximum absolute atomic E-state index is 12.5. The van der Waals surface area contributed by atoms with Gasteiger partial charge in [-0.15, -0.1) is 0 Å². The maximum atomic E-state index is 12.5. The van der Waals surface area contributed by atoms with Crippen LogP contribution in [0.4, 0.5) is 0 Å². The van der Waals surface area contributed by atoms with Crippen molar-refractivity contribution < 1.29 is 4.79 Å². The van der Waals surface area contributed by atoms with Crippen LogP contribution in [0.5, 0.6) is 0 Å². The van der Waals surface area contributed by atoms with E-state index in [2.05, 4.69) is 24.1 Å². The lowest BCUT2D eigenvalue weighted by atomic mass is 9.78. The second-order valence-corrected chi connectivity index (χ2v) is 7.22. The van der Waals surface area contributed by atoms with E-state index in [9.17, 15) is 9.59 Å². The van der Waals surface area contributed by atoms with Crippen LogP contribution in [-0.4, -0.2) is 21.5 Å². The number of carbonyl (C=O) groups excluding carboxylic acids is 1. The van der Waals surface area contributed by atoms with Crippen LogP contribution in [0.1, 0.15) is 33.1 Å². The molecule has 0 unspecified atom stereocenters. The molecule has 1 amide bonds. The van der Waals surface area contributed by atoms with Crippen LogP contribution in [0.25, 0.3) is 10.9 Å². The van der Waals surface area contributed by atoms with Gasteiger partial charge in [0.1, 0.15) is 6.54 Å². The first-order chi connectivity index (χ1) is 11.5. The summed E-state index contributed by atoms with van der Waals surface area (Å²) in [4.78, 5) is 29.1. The molecule has 1 N–H and O–H groups in total. The van der Waals surface area contributed by atoms with Gasteiger partial charge >= 0.3 is 0 Å². The van der Waals surface area contributed by atoms with Gasteiger partial charge in [-0.25, -0.2) is 4.98 Å². The van der Waals surface area contributed by atoms with Gasteiger partial charge < -0.3 is 5.32 Å². The molecule has 24 heavy (non-hydrogen) atoms. The highest BCUT2D eigenvalue weighted by molar-refractivity contribution is 6.31. The summed E-state index contributed by atoms with van der Waals surface area (Å²) in [6, 6.07) is 5.17. The summed E-state index contributed by atoms with van der Waals surface area (Å²) in [5, 5.41) is 3.99. The summed E-state index contributed by atoms with van der Waals surface area (Å²) < 4.78 is 1.34. The van der Waals surface area contributed by atoms with Crippen molar-refractivity contribution >= 4 is 28.4 Å². The number of nitrogens with one attached hydrogen (secondary N) is 1. The van der Waals surface area contributed by atoms with Crippen molar-refractivity contribution in [3.8, 4) is 0 Å². The van der Waals surface area contributed by atoms with Gasteiger partial charge in [0.05, 0.1) is 17.2 Å². The molecule has 1 fully saturated rings. The molecular weight excluding hydrogens is 326 g/mol. The van der Waals surface area contributed by atoms with E-state index < -0.39 is 0 Å². The Balaban J connectivity index is 1.76. The third-order valence-electron chi connectivity index (χ3n) is 5.15. The van der Waals surface area contributed by atoms with Gasteiger partial charge in [0.15, 0.2) is 0 Å². The van der Waals surface area contributed by atoms with Crippen LogP contribution in [0, 0.1) is 11.8 Å². The van der Waals surface area contributed by atoms with Crippen molar-refractivity contribution in [1.29, 1.82) is 0 Å². The average Bonchev–Trinajstić information content (AvgIpc) is 2.55. The molecule has 3 rings (SSSR count). The minimum Gasteiger partial charge on any atom is -0.352 e. The molecule has 2 aromatic rings. The molecule has 0 aliphatic heterocycles. The fourth-order valence-corrected chi connectivity index (χ4v) is 3.61. The highest BCUT2D eigenvalue weighted by atomic mass is 35.5. The van der Waals surface area contributed by atoms with Crippen molar-refractivity contribution in [1.82, 2.24) is 14.9 Å². The SMILES string of the molecule is C[C@@H]1[C@H](C)CCC[C@@H]1NC(=O)Cn1cnc2ccc(Cl)cc2c1=O. The number of halogens is 1. The number of hydrogen-bond donors (Lipinski definition) is 1. The van der Waals surface area contributed by atoms with Gasteiger partial charge in [-0.2, -0.15) is 0 Å². The number of aromatic nitrogens is 2. The Morgan fingerprint density at radius 1 is 1.38 bits per heavy atom. The van der Waals surface area contributed by atoms with Crippen molar-refractivity contribution in [3.63, 3.8) is 0 Å². The van der Waals surface area contributed by atoms with Gasteiger partial charge in [0.2, 0.25) is 5.91 Å². The Bertz CT molecular complexity index is 818. The lowest BCUT2D eigenvalue weighted by molar-refractivity contribution is -0.123. The Labute approximate surface area is 146 Å². The predicted molar refractivity (Wildman–Crippen MR) is 95.1 cm³/mol. The van der Waals surface area contributed by atoms with Crippen LogP contribution >= 0.6 is 11.6 Å². The zero-order valence-electron chi connectivity index (χ0n) is 14.0. The van der Waals surface area contributed by atoms with Crippen molar-refractivity contribution in [2.45, 2.75) is 45.7 Å². The summed E-state index contributed by atoms with van der Waals surface area (Å²) in [5.74, 6) is 0.912. The highest BCUT2D eigenvalue weighted by Gasteiger charge is 2.28. The lowest BCUT2D eigenvalue weighted by Gasteiger charge is -2.34. The second kappa shape index (κ2) is 6.93. The van der Waals surface area contributed by atoms with Crippen molar-refractivity contribution in [3.05, 3.63) is 39.9 Å². The number of fused-ring (bicyclic) bond motifs is 1. The van der Waals surface area contributed by atoms with Gasteiger partial charge in [-0.05, 0) is 36.5 Å². The van der Waals surface area contributed by atoms with E-state index in [0.29, 0.717) is 27.8 Å². The van der Waals surface area contributed by atoms with Gasteiger partial charge in [-0.3, -0.25) is 14.2 Å². The average molecular weight is 348 g/mol. The molecule has 5 nitrogen and oxygen atoms in total. The molecule has 1 heterocycles. The molecule has 0 saturated heterocycles. The van der Waals surface area contributed by atoms with Gasteiger partial charge in [0.25, 0.3) is 5.56 Å². The van der Waals surface area contributed by atoms with Crippen molar-refractivity contribution in [2.75, 3.05) is 0 Å². The molecule has 1 aliphatic rings. The Morgan fingerprint density at radius 2 is 2.17 bits per heavy atom. The monoisotopic (exact) mass is 347 g/mol. The highest BCUT2D eigenvalue weighted by Crippen LogP contribution is 2.29. The second-order valence-electron chi connectivity index (χ2n) is 6.78. The molecule has 1 saturated carbocycles. The third kappa shape index (κ3) is 3.46. The molecule has 6 heteroatoms. The number of hydrogen-bond acceptors (Lipinski definition) is 3. The zero-order chi connectivity index (χ0) is 17.3. The zero-order valence-corrected chi connectivity index (χ0v) is 14.7. The summed E-state index contributed by atoms with van der Waals surface area (Å²) in [7, 11) is 0. The number of rotatable bonds is 3. The normalized spacial score (nSPS) is 24.0. The van der Waals surface area contributed by atoms with Crippen LogP contribution < -0.4 is 10.9 Å². The fraction of sp³-hybridized carbons (Fsp3) is 0.500. The molecule has 0 bridgehead atoms. The first-order valence-electron chi connectivity index (χ1n) is 8.40. The van der Waals surface area contributed by atoms with E-state index in [-0.39, 0.29) is 24.1 Å². The molecule has 128 valence electrons. The first-order valence-corrected chi connectivity index (χ1v) is 8.77. The van der Waals surface area contributed by atoms with E-state index >= 15 is 0 Å². The number of amides is 1. The van der Waals surface area contributed by atoms with Crippen LogP contribution in [-0.2, 0) is 11.3 Å². The molecule has 1 aromatic heterocycles. The minimum atomic E-state index is -0.247. The molecule has 3 atom stereocenters. The minimum absolute atomic E-state index is 0.0219. The largest absolute Gasteiger partial charge is 0.352 e. The Morgan fingerprint density at radius 3 is 2.96 bits per heavy atom.